The third-order valence-electron chi connectivity index (χ3n) is 11.1. The van der Waals surface area contributed by atoms with E-state index in [1.54, 1.807) is 0 Å². The molecular formula is C53H92O9. The molecule has 62 heavy (non-hydrogen) atoms. The van der Waals surface area contributed by atoms with Crippen LogP contribution in [0.25, 0.3) is 0 Å². The summed E-state index contributed by atoms with van der Waals surface area (Å²) in [6.45, 7) is 4.46. The predicted molar refractivity (Wildman–Crippen MR) is 256 cm³/mol. The Morgan fingerprint density at radius 3 is 1.40 bits per heavy atom. The number of carbonyl (C=O) groups is 1. The lowest BCUT2D eigenvalue weighted by Crippen LogP contribution is -2.59. The number of unbranched alkanes of at least 4 members (excludes halogenated alkanes) is 19. The van der Waals surface area contributed by atoms with Crippen LogP contribution in [0.2, 0.25) is 0 Å². The van der Waals surface area contributed by atoms with Gasteiger partial charge in [-0.1, -0.05) is 170 Å². The van der Waals surface area contributed by atoms with Gasteiger partial charge in [-0.15, -0.1) is 0 Å². The van der Waals surface area contributed by atoms with Crippen LogP contribution in [0.3, 0.4) is 0 Å². The maximum absolute atomic E-state index is 12.8. The second-order valence-electron chi connectivity index (χ2n) is 16.9. The van der Waals surface area contributed by atoms with E-state index in [0.29, 0.717) is 13.0 Å². The quantitative estimate of drug-likeness (QED) is 0.0269. The Bertz CT molecular complexity index is 1180. The van der Waals surface area contributed by atoms with Crippen LogP contribution in [0, 0.1) is 0 Å². The van der Waals surface area contributed by atoms with Gasteiger partial charge in [-0.05, 0) is 89.9 Å². The summed E-state index contributed by atoms with van der Waals surface area (Å²) in [7, 11) is 0. The number of carbonyl (C=O) groups excluding carboxylic acids is 1. The molecule has 0 radical (unpaired) electrons. The van der Waals surface area contributed by atoms with Gasteiger partial charge in [0.2, 0.25) is 0 Å². The fraction of sp³-hybridized carbons (Fsp3) is 0.755. The van der Waals surface area contributed by atoms with E-state index in [1.165, 1.54) is 89.9 Å². The highest BCUT2D eigenvalue weighted by molar-refractivity contribution is 5.69. The third kappa shape index (κ3) is 34.1. The Morgan fingerprint density at radius 2 is 0.935 bits per heavy atom. The molecule has 0 bridgehead atoms. The van der Waals surface area contributed by atoms with Crippen molar-refractivity contribution < 1.29 is 44.2 Å². The number of esters is 1. The lowest BCUT2D eigenvalue weighted by molar-refractivity contribution is -0.305. The number of ether oxygens (including phenoxy) is 4. The lowest BCUT2D eigenvalue weighted by atomic mass is 9.99. The van der Waals surface area contributed by atoms with Crippen LogP contribution < -0.4 is 0 Å². The van der Waals surface area contributed by atoms with Gasteiger partial charge in [0, 0.05) is 13.0 Å². The molecule has 9 heteroatoms. The molecule has 9 nitrogen and oxygen atoms in total. The summed E-state index contributed by atoms with van der Waals surface area (Å²) in [6, 6.07) is 0. The second-order valence-corrected chi connectivity index (χ2v) is 16.9. The van der Waals surface area contributed by atoms with Crippen molar-refractivity contribution in [3.63, 3.8) is 0 Å². The maximum Gasteiger partial charge on any atom is 0.306 e. The van der Waals surface area contributed by atoms with Crippen molar-refractivity contribution >= 4 is 5.97 Å². The monoisotopic (exact) mass is 873 g/mol. The smallest absolute Gasteiger partial charge is 0.306 e. The molecule has 0 spiro atoms. The van der Waals surface area contributed by atoms with Gasteiger partial charge in [-0.3, -0.25) is 4.79 Å². The fourth-order valence-corrected chi connectivity index (χ4v) is 7.15. The van der Waals surface area contributed by atoms with Crippen LogP contribution in [-0.4, -0.2) is 89.6 Å². The van der Waals surface area contributed by atoms with Gasteiger partial charge in [0.15, 0.2) is 6.29 Å². The van der Waals surface area contributed by atoms with Crippen molar-refractivity contribution in [1.82, 2.24) is 0 Å². The largest absolute Gasteiger partial charge is 0.457 e. The molecule has 1 aliphatic heterocycles. The zero-order chi connectivity index (χ0) is 45.0. The average Bonchev–Trinajstić information content (AvgIpc) is 3.27. The van der Waals surface area contributed by atoms with E-state index in [1.807, 2.05) is 0 Å². The van der Waals surface area contributed by atoms with Gasteiger partial charge >= 0.3 is 5.97 Å². The minimum absolute atomic E-state index is 0.127. The first-order valence-corrected chi connectivity index (χ1v) is 25.0. The summed E-state index contributed by atoms with van der Waals surface area (Å²) in [5.74, 6) is -0.332. The Hall–Kier alpha value is -2.37. The molecule has 1 heterocycles. The Morgan fingerprint density at radius 1 is 0.516 bits per heavy atom. The Kier molecular flexibility index (Phi) is 40.8. The molecule has 0 aromatic rings. The number of hydrogen-bond acceptors (Lipinski definition) is 9. The first-order valence-electron chi connectivity index (χ1n) is 25.0. The second kappa shape index (κ2) is 43.9. The topological polar surface area (TPSA) is 135 Å². The SMILES string of the molecule is CCCCC/C=C\C/C=C\C/C=C\CCCCCCCCCOCC(COC1OC(CO)C(O)C(O)C1O)OC(=O)CCCCCCCC/C=C\C/C=C\C/C=C\CCCCC. The highest BCUT2D eigenvalue weighted by Gasteiger charge is 2.44. The van der Waals surface area contributed by atoms with Gasteiger partial charge in [-0.25, -0.2) is 0 Å². The van der Waals surface area contributed by atoms with Crippen LogP contribution in [-0.2, 0) is 23.7 Å². The average molecular weight is 873 g/mol. The van der Waals surface area contributed by atoms with E-state index in [4.69, 9.17) is 18.9 Å². The number of rotatable bonds is 42. The molecule has 0 aromatic carbocycles. The van der Waals surface area contributed by atoms with Gasteiger partial charge < -0.3 is 39.4 Å². The Labute approximate surface area is 378 Å². The summed E-state index contributed by atoms with van der Waals surface area (Å²) in [5.41, 5.74) is 0. The Balaban J connectivity index is 2.25. The summed E-state index contributed by atoms with van der Waals surface area (Å²) in [4.78, 5) is 12.8. The molecule has 0 saturated carbocycles. The van der Waals surface area contributed by atoms with Crippen LogP contribution in [0.4, 0.5) is 0 Å². The predicted octanol–water partition coefficient (Wildman–Crippen LogP) is 12.0. The van der Waals surface area contributed by atoms with E-state index in [9.17, 15) is 25.2 Å². The van der Waals surface area contributed by atoms with Crippen molar-refractivity contribution in [2.24, 2.45) is 0 Å². The van der Waals surface area contributed by atoms with Crippen molar-refractivity contribution in [3.05, 3.63) is 72.9 Å². The zero-order valence-corrected chi connectivity index (χ0v) is 39.3. The van der Waals surface area contributed by atoms with Crippen molar-refractivity contribution in [2.45, 2.75) is 230 Å². The minimum atomic E-state index is -1.55. The number of allylic oxidation sites excluding steroid dienone is 12. The summed E-state index contributed by atoms with van der Waals surface area (Å²) in [6.07, 6.45) is 50.6. The number of hydrogen-bond donors (Lipinski definition) is 4. The molecule has 1 aliphatic rings. The lowest BCUT2D eigenvalue weighted by Gasteiger charge is -2.39. The summed E-state index contributed by atoms with van der Waals surface area (Å²) >= 11 is 0. The van der Waals surface area contributed by atoms with Gasteiger partial charge in [-0.2, -0.15) is 0 Å². The molecule has 1 fully saturated rings. The molecule has 0 aliphatic carbocycles. The van der Waals surface area contributed by atoms with Crippen molar-refractivity contribution in [3.8, 4) is 0 Å². The van der Waals surface area contributed by atoms with Gasteiger partial charge in [0.05, 0.1) is 19.8 Å². The normalized spacial score (nSPS) is 20.4. The van der Waals surface area contributed by atoms with Crippen molar-refractivity contribution in [1.29, 1.82) is 0 Å². The van der Waals surface area contributed by atoms with E-state index >= 15 is 0 Å². The van der Waals surface area contributed by atoms with Crippen molar-refractivity contribution in [2.75, 3.05) is 26.4 Å². The molecule has 1 saturated heterocycles. The maximum atomic E-state index is 12.8. The number of aliphatic hydroxyl groups excluding tert-OH is 4. The fourth-order valence-electron chi connectivity index (χ4n) is 7.15. The van der Waals surface area contributed by atoms with Crippen LogP contribution in [0.15, 0.2) is 72.9 Å². The molecule has 6 atom stereocenters. The van der Waals surface area contributed by atoms with Crippen LogP contribution in [0.1, 0.15) is 194 Å². The van der Waals surface area contributed by atoms with E-state index in [0.717, 1.165) is 83.5 Å². The highest BCUT2D eigenvalue weighted by Crippen LogP contribution is 2.22. The van der Waals surface area contributed by atoms with Gasteiger partial charge in [0.25, 0.3) is 0 Å². The molecule has 6 unspecified atom stereocenters. The minimum Gasteiger partial charge on any atom is -0.457 e. The summed E-state index contributed by atoms with van der Waals surface area (Å²) < 4.78 is 22.9. The van der Waals surface area contributed by atoms with Gasteiger partial charge in [0.1, 0.15) is 30.5 Å². The first kappa shape index (κ1) is 57.6. The highest BCUT2D eigenvalue weighted by atomic mass is 16.7. The van der Waals surface area contributed by atoms with E-state index in [-0.39, 0.29) is 19.2 Å². The standard InChI is InChI=1S/C53H92O9/c1-3-5-7-9-11-13-15-17-19-21-23-25-27-29-31-33-35-37-39-41-43-59-45-47(46-60-53-52(58)51(57)50(56)48(44-54)62-53)61-49(55)42-40-38-36-34-32-30-28-26-24-22-20-18-16-14-12-10-8-6-4-2/h11-14,17-20,23-26,47-48,50-54,56-58H,3-10,15-16,21-22,27-46H2,1-2H3/b13-11-,14-12-,19-17-,20-18-,25-23-,26-24-. The van der Waals surface area contributed by atoms with E-state index in [2.05, 4.69) is 86.8 Å². The van der Waals surface area contributed by atoms with Crippen LogP contribution >= 0.6 is 0 Å². The zero-order valence-electron chi connectivity index (χ0n) is 39.3. The molecule has 1 rings (SSSR count). The van der Waals surface area contributed by atoms with Crippen LogP contribution in [0.5, 0.6) is 0 Å². The molecule has 358 valence electrons. The molecular weight excluding hydrogens is 781 g/mol. The molecule has 0 aromatic heterocycles. The molecule has 4 N–H and O–H groups in total. The number of aliphatic hydroxyl groups is 4. The summed E-state index contributed by atoms with van der Waals surface area (Å²) in [5, 5.41) is 40.2. The van der Waals surface area contributed by atoms with E-state index < -0.39 is 43.4 Å². The molecule has 0 amide bonds. The third-order valence-corrected chi connectivity index (χ3v) is 11.1. The first-order chi connectivity index (χ1) is 30.4.